The lowest BCUT2D eigenvalue weighted by Gasteiger charge is -2.32. The molecule has 2 aromatic carbocycles. The van der Waals surface area contributed by atoms with Crippen molar-refractivity contribution < 1.29 is 18.4 Å². The smallest absolute Gasteiger partial charge is 0.489 e. The molecular formula is C21H23BClFO3. The first-order valence-electron chi connectivity index (χ1n) is 8.86. The molecule has 3 nitrogen and oxygen atoms in total. The zero-order valence-corrected chi connectivity index (χ0v) is 16.7. The van der Waals surface area contributed by atoms with Gasteiger partial charge in [-0.25, -0.2) is 4.39 Å². The number of hydrogen-bond acceptors (Lipinski definition) is 3. The summed E-state index contributed by atoms with van der Waals surface area (Å²) in [5.41, 5.74) is 0.143. The van der Waals surface area contributed by atoms with Crippen molar-refractivity contribution in [3.63, 3.8) is 0 Å². The third-order valence-corrected chi connectivity index (χ3v) is 5.23. The molecule has 1 fully saturated rings. The minimum atomic E-state index is -0.990. The Morgan fingerprint density at radius 2 is 1.56 bits per heavy atom. The van der Waals surface area contributed by atoms with Gasteiger partial charge in [-0.1, -0.05) is 35.9 Å². The van der Waals surface area contributed by atoms with Crippen LogP contribution in [0, 0.1) is 0 Å². The molecule has 27 heavy (non-hydrogen) atoms. The second-order valence-corrected chi connectivity index (χ2v) is 8.04. The van der Waals surface area contributed by atoms with Crippen molar-refractivity contribution in [3.8, 4) is 5.75 Å². The van der Waals surface area contributed by atoms with Crippen molar-refractivity contribution in [2.75, 3.05) is 0 Å². The second-order valence-electron chi connectivity index (χ2n) is 7.60. The quantitative estimate of drug-likeness (QED) is 0.600. The molecule has 0 spiro atoms. The van der Waals surface area contributed by atoms with Crippen molar-refractivity contribution in [1.82, 2.24) is 0 Å². The summed E-state index contributed by atoms with van der Waals surface area (Å²) in [5.74, 6) is 0.707. The van der Waals surface area contributed by atoms with Crippen LogP contribution >= 0.6 is 11.6 Å². The van der Waals surface area contributed by atoms with Gasteiger partial charge in [0.05, 0.1) is 11.2 Å². The zero-order valence-electron chi connectivity index (χ0n) is 16.0. The Hall–Kier alpha value is -1.82. The van der Waals surface area contributed by atoms with Crippen LogP contribution < -0.4 is 4.74 Å². The lowest BCUT2D eigenvalue weighted by molar-refractivity contribution is 0.00578. The highest BCUT2D eigenvalue weighted by atomic mass is 35.5. The van der Waals surface area contributed by atoms with Crippen molar-refractivity contribution >= 4 is 24.8 Å². The maximum atomic E-state index is 14.6. The first kappa shape index (κ1) is 19.9. The highest BCUT2D eigenvalue weighted by molar-refractivity contribution is 6.54. The Morgan fingerprint density at radius 1 is 1.00 bits per heavy atom. The van der Waals surface area contributed by atoms with Crippen molar-refractivity contribution in [1.29, 1.82) is 0 Å². The number of ether oxygens (including phenoxy) is 1. The first-order valence-corrected chi connectivity index (χ1v) is 9.24. The van der Waals surface area contributed by atoms with E-state index in [4.69, 9.17) is 25.6 Å². The third kappa shape index (κ3) is 4.73. The molecule has 6 heteroatoms. The number of benzene rings is 2. The van der Waals surface area contributed by atoms with E-state index in [1.807, 2.05) is 52.0 Å². The summed E-state index contributed by atoms with van der Waals surface area (Å²) in [4.78, 5) is 0. The van der Waals surface area contributed by atoms with Gasteiger partial charge in [0.25, 0.3) is 0 Å². The standard InChI is InChI=1S/C21H23BClFO3/c1-20(2)21(3,4)27-22(26-20)19(24)13-15-7-11-18(12-8-15)25-14-16-5-9-17(23)10-6-16/h5-13H,14H2,1-4H3. The predicted octanol–water partition coefficient (Wildman–Crippen LogP) is 5.86. The molecule has 0 aromatic heterocycles. The summed E-state index contributed by atoms with van der Waals surface area (Å²) in [6.07, 6.45) is 1.42. The summed E-state index contributed by atoms with van der Waals surface area (Å²) in [6, 6.07) is 14.7. The van der Waals surface area contributed by atoms with E-state index in [0.29, 0.717) is 22.9 Å². The van der Waals surface area contributed by atoms with Crippen LogP contribution in [0.15, 0.2) is 54.3 Å². The molecule has 0 aliphatic carbocycles. The molecule has 1 saturated heterocycles. The SMILES string of the molecule is CC1(C)OB(C(F)=Cc2ccc(OCc3ccc(Cl)cc3)cc2)OC1(C)C. The number of halogens is 2. The van der Waals surface area contributed by atoms with Gasteiger partial charge >= 0.3 is 7.12 Å². The molecular weight excluding hydrogens is 365 g/mol. The summed E-state index contributed by atoms with van der Waals surface area (Å²) in [5, 5.41) is 0.693. The van der Waals surface area contributed by atoms with Crippen molar-refractivity contribution in [2.45, 2.75) is 45.5 Å². The topological polar surface area (TPSA) is 27.7 Å². The second kappa shape index (κ2) is 7.66. The van der Waals surface area contributed by atoms with E-state index in [1.54, 1.807) is 24.3 Å². The Morgan fingerprint density at radius 3 is 2.11 bits per heavy atom. The van der Waals surface area contributed by atoms with E-state index < -0.39 is 24.0 Å². The molecule has 0 N–H and O–H groups in total. The van der Waals surface area contributed by atoms with Crippen LogP contribution in [0.1, 0.15) is 38.8 Å². The van der Waals surface area contributed by atoms with Gasteiger partial charge in [-0.15, -0.1) is 0 Å². The van der Waals surface area contributed by atoms with Gasteiger partial charge < -0.3 is 14.0 Å². The fourth-order valence-electron chi connectivity index (χ4n) is 2.59. The van der Waals surface area contributed by atoms with Gasteiger partial charge in [-0.3, -0.25) is 0 Å². The molecule has 0 unspecified atom stereocenters. The first-order chi connectivity index (χ1) is 12.7. The van der Waals surface area contributed by atoms with Gasteiger partial charge in [0.15, 0.2) is 0 Å². The molecule has 3 rings (SSSR count). The molecule has 0 radical (unpaired) electrons. The van der Waals surface area contributed by atoms with Gasteiger partial charge in [0.1, 0.15) is 18.1 Å². The van der Waals surface area contributed by atoms with E-state index in [9.17, 15) is 4.39 Å². The summed E-state index contributed by atoms with van der Waals surface area (Å²) < 4.78 is 31.7. The molecule has 1 aliphatic rings. The molecule has 0 saturated carbocycles. The van der Waals surface area contributed by atoms with Gasteiger partial charge in [0.2, 0.25) is 0 Å². The Bertz CT molecular complexity index is 800. The molecule has 142 valence electrons. The Balaban J connectivity index is 1.61. The molecule has 1 heterocycles. The van der Waals surface area contributed by atoms with Crippen LogP contribution in [-0.4, -0.2) is 18.3 Å². The van der Waals surface area contributed by atoms with Crippen LogP contribution in [0.2, 0.25) is 5.02 Å². The fourth-order valence-corrected chi connectivity index (χ4v) is 2.72. The van der Waals surface area contributed by atoms with Crippen LogP contribution in [0.25, 0.3) is 6.08 Å². The van der Waals surface area contributed by atoms with E-state index in [-0.39, 0.29) is 0 Å². The maximum absolute atomic E-state index is 14.6. The van der Waals surface area contributed by atoms with Crippen LogP contribution in [-0.2, 0) is 15.9 Å². The fraction of sp³-hybridized carbons (Fsp3) is 0.333. The predicted molar refractivity (Wildman–Crippen MR) is 107 cm³/mol. The lowest BCUT2D eigenvalue weighted by atomic mass is 9.87. The summed E-state index contributed by atoms with van der Waals surface area (Å²) >= 11 is 5.87. The van der Waals surface area contributed by atoms with Crippen LogP contribution in [0.5, 0.6) is 5.75 Å². The normalized spacial score (nSPS) is 18.6. The van der Waals surface area contributed by atoms with Crippen molar-refractivity contribution in [2.24, 2.45) is 0 Å². The van der Waals surface area contributed by atoms with Gasteiger partial charge in [0, 0.05) is 5.02 Å². The number of rotatable bonds is 5. The van der Waals surface area contributed by atoms with Crippen molar-refractivity contribution in [3.05, 3.63) is 70.4 Å². The average molecular weight is 389 g/mol. The van der Waals surface area contributed by atoms with E-state index in [2.05, 4.69) is 0 Å². The van der Waals surface area contributed by atoms with E-state index in [1.165, 1.54) is 6.08 Å². The van der Waals surface area contributed by atoms with Gasteiger partial charge in [-0.05, 0) is 69.2 Å². The average Bonchev–Trinajstić information content (AvgIpc) is 2.83. The largest absolute Gasteiger partial charge is 0.525 e. The molecule has 2 aromatic rings. The van der Waals surface area contributed by atoms with Crippen LogP contribution in [0.3, 0.4) is 0 Å². The lowest BCUT2D eigenvalue weighted by Crippen LogP contribution is -2.41. The molecule has 0 amide bonds. The highest BCUT2D eigenvalue weighted by Crippen LogP contribution is 2.39. The van der Waals surface area contributed by atoms with Crippen LogP contribution in [0.4, 0.5) is 4.39 Å². The monoisotopic (exact) mass is 388 g/mol. The highest BCUT2D eigenvalue weighted by Gasteiger charge is 2.53. The van der Waals surface area contributed by atoms with E-state index >= 15 is 0 Å². The minimum absolute atomic E-state index is 0.439. The van der Waals surface area contributed by atoms with E-state index in [0.717, 1.165) is 5.56 Å². The minimum Gasteiger partial charge on any atom is -0.489 e. The molecule has 1 aliphatic heterocycles. The summed E-state index contributed by atoms with van der Waals surface area (Å²) in [7, 11) is -0.990. The molecule has 0 bridgehead atoms. The number of hydrogen-bond donors (Lipinski definition) is 0. The Kier molecular flexibility index (Phi) is 5.66. The maximum Gasteiger partial charge on any atom is 0.525 e. The summed E-state index contributed by atoms with van der Waals surface area (Å²) in [6.45, 7) is 8.02. The molecule has 0 atom stereocenters. The Labute approximate surface area is 165 Å². The zero-order chi connectivity index (χ0) is 19.7. The third-order valence-electron chi connectivity index (χ3n) is 4.98. The van der Waals surface area contributed by atoms with Gasteiger partial charge in [-0.2, -0.15) is 0 Å².